The minimum atomic E-state index is -3.03. The van der Waals surface area contributed by atoms with Crippen LogP contribution < -0.4 is 10.4 Å². The summed E-state index contributed by atoms with van der Waals surface area (Å²) >= 11 is 0. The van der Waals surface area contributed by atoms with Gasteiger partial charge in [-0.05, 0) is 48.1 Å². The van der Waals surface area contributed by atoms with Gasteiger partial charge in [-0.25, -0.2) is 0 Å². The van der Waals surface area contributed by atoms with Crippen LogP contribution in [0.1, 0.15) is 111 Å². The second-order valence-electron chi connectivity index (χ2n) is 13.5. The molecule has 2 rings (SSSR count). The van der Waals surface area contributed by atoms with E-state index in [1.807, 2.05) is 48.5 Å². The summed E-state index contributed by atoms with van der Waals surface area (Å²) in [6.07, 6.45) is 13.5. The molecule has 2 unspecified atom stereocenters. The van der Waals surface area contributed by atoms with Crippen LogP contribution in [0.15, 0.2) is 60.7 Å². The number of unbranched alkanes of at least 4 members (excludes halogenated alkanes) is 8. The van der Waals surface area contributed by atoms with Crippen LogP contribution in [0.3, 0.4) is 0 Å². The number of carbonyl (C=O) groups is 2. The Labute approximate surface area is 277 Å². The summed E-state index contributed by atoms with van der Waals surface area (Å²) in [6.45, 7) is 14.0. The van der Waals surface area contributed by atoms with Crippen LogP contribution >= 0.6 is 0 Å². The smallest absolute Gasteiger partial charge is 0.309 e. The third-order valence-electron chi connectivity index (χ3n) is 8.57. The molecule has 0 fully saturated rings. The molecular formula is C38H61O5Si2. The van der Waals surface area contributed by atoms with E-state index in [0.717, 1.165) is 60.7 Å². The van der Waals surface area contributed by atoms with Gasteiger partial charge in [0.25, 0.3) is 0 Å². The average Bonchev–Trinajstić information content (AvgIpc) is 3.02. The quantitative estimate of drug-likeness (QED) is 0.0644. The van der Waals surface area contributed by atoms with Crippen molar-refractivity contribution in [3.8, 4) is 0 Å². The normalized spacial score (nSPS) is 13.6. The molecule has 0 N–H and O–H groups in total. The largest absolute Gasteiger partial charge is 0.466 e. The van der Waals surface area contributed by atoms with Gasteiger partial charge in [-0.3, -0.25) is 9.59 Å². The van der Waals surface area contributed by atoms with Crippen molar-refractivity contribution in [2.75, 3.05) is 13.2 Å². The fourth-order valence-electron chi connectivity index (χ4n) is 5.71. The summed E-state index contributed by atoms with van der Waals surface area (Å²) in [5.41, 5.74) is -0.696. The molecule has 1 radical (unpaired) electrons. The Morgan fingerprint density at radius 3 is 1.67 bits per heavy atom. The third-order valence-corrected chi connectivity index (χ3v) is 15.9. The number of esters is 2. The van der Waals surface area contributed by atoms with E-state index in [2.05, 4.69) is 52.9 Å². The maximum atomic E-state index is 13.9. The van der Waals surface area contributed by atoms with Gasteiger partial charge < -0.3 is 13.6 Å². The first-order valence-corrected chi connectivity index (χ1v) is 22.0. The highest BCUT2D eigenvalue weighted by atomic mass is 28.4. The Kier molecular flexibility index (Phi) is 19.3. The summed E-state index contributed by atoms with van der Waals surface area (Å²) in [5.74, 6) is 0.811. The van der Waals surface area contributed by atoms with Crippen LogP contribution in [0, 0.1) is 11.8 Å². The van der Waals surface area contributed by atoms with Crippen LogP contribution in [0.4, 0.5) is 0 Å². The lowest BCUT2D eigenvalue weighted by Crippen LogP contribution is -2.59. The molecule has 0 amide bonds. The predicted octanol–water partition coefficient (Wildman–Crippen LogP) is 8.85. The summed E-state index contributed by atoms with van der Waals surface area (Å²) in [6, 6.07) is 20.2. The number of ether oxygens (including phenoxy) is 2. The van der Waals surface area contributed by atoms with E-state index in [1.165, 1.54) is 38.5 Å². The molecule has 7 heteroatoms. The fraction of sp³-hybridized carbons (Fsp3) is 0.632. The summed E-state index contributed by atoms with van der Waals surface area (Å²) < 4.78 is 18.6. The Morgan fingerprint density at radius 1 is 0.667 bits per heavy atom. The van der Waals surface area contributed by atoms with Crippen molar-refractivity contribution < 1.29 is 23.2 Å². The highest BCUT2D eigenvalue weighted by Gasteiger charge is 2.48. The molecule has 0 aliphatic rings. The zero-order valence-electron chi connectivity index (χ0n) is 29.2. The topological polar surface area (TPSA) is 61.8 Å². The van der Waals surface area contributed by atoms with Gasteiger partial charge in [-0.15, -0.1) is 0 Å². The molecule has 2 atom stereocenters. The van der Waals surface area contributed by atoms with Crippen LogP contribution in [0.2, 0.25) is 18.6 Å². The van der Waals surface area contributed by atoms with E-state index in [1.54, 1.807) is 0 Å². The van der Waals surface area contributed by atoms with Gasteiger partial charge in [0.1, 0.15) is 0 Å². The molecule has 0 aliphatic carbocycles. The van der Waals surface area contributed by atoms with Gasteiger partial charge in [0.15, 0.2) is 0 Å². The SMILES string of the molecule is CC(C)CCCCCCCOC(=O)CC(C(=O)OCCCCCCCC(C)C)[Si](C)(O[Si](C)c1ccccc1)c1ccccc1. The molecule has 0 saturated heterocycles. The first-order chi connectivity index (χ1) is 21.6. The molecule has 2 aromatic carbocycles. The maximum absolute atomic E-state index is 13.9. The van der Waals surface area contributed by atoms with Gasteiger partial charge in [-0.2, -0.15) is 0 Å². The Morgan fingerprint density at radius 2 is 1.13 bits per heavy atom. The van der Waals surface area contributed by atoms with Crippen LogP contribution in [-0.2, 0) is 23.2 Å². The molecule has 0 bridgehead atoms. The standard InChI is InChI=1S/C38H61O5Si2/c1-32(2)23-15-9-7-11-21-29-41-37(39)31-36(38(40)42-30-22-12-8-10-16-24-33(3)4)45(6,35-27-19-14-20-28-35)43-44(5)34-25-17-13-18-26-34/h13-14,17-20,25-28,32-33,36H,7-12,15-16,21-24,29-31H2,1-6H3. The highest BCUT2D eigenvalue weighted by molar-refractivity contribution is 6.94. The summed E-state index contributed by atoms with van der Waals surface area (Å²) in [4.78, 5) is 27.2. The predicted molar refractivity (Wildman–Crippen MR) is 192 cm³/mol. The molecule has 2 aromatic rings. The monoisotopic (exact) mass is 653 g/mol. The summed E-state index contributed by atoms with van der Waals surface area (Å²) in [7, 11) is -4.49. The van der Waals surface area contributed by atoms with E-state index >= 15 is 0 Å². The molecule has 251 valence electrons. The summed E-state index contributed by atoms with van der Waals surface area (Å²) in [5, 5.41) is 2.13. The van der Waals surface area contributed by atoms with E-state index < -0.39 is 22.9 Å². The lowest BCUT2D eigenvalue weighted by molar-refractivity contribution is -0.150. The van der Waals surface area contributed by atoms with Crippen molar-refractivity contribution in [3.63, 3.8) is 0 Å². The van der Waals surface area contributed by atoms with Gasteiger partial charge in [0.2, 0.25) is 17.4 Å². The van der Waals surface area contributed by atoms with Crippen molar-refractivity contribution >= 4 is 39.7 Å². The average molecular weight is 654 g/mol. The van der Waals surface area contributed by atoms with Gasteiger partial charge in [0, 0.05) is 0 Å². The van der Waals surface area contributed by atoms with Gasteiger partial charge in [0.05, 0.1) is 25.2 Å². The molecule has 45 heavy (non-hydrogen) atoms. The first-order valence-electron chi connectivity index (χ1n) is 17.6. The van der Waals surface area contributed by atoms with Gasteiger partial charge >= 0.3 is 11.9 Å². The van der Waals surface area contributed by atoms with Crippen LogP contribution in [0.5, 0.6) is 0 Å². The fourth-order valence-corrected chi connectivity index (χ4v) is 12.8. The first kappa shape index (κ1) is 39.0. The second-order valence-corrected chi connectivity index (χ2v) is 19.5. The number of carbonyl (C=O) groups excluding carboxylic acids is 2. The van der Waals surface area contributed by atoms with E-state index in [4.69, 9.17) is 13.6 Å². The van der Waals surface area contributed by atoms with E-state index in [0.29, 0.717) is 13.2 Å². The molecular weight excluding hydrogens is 593 g/mol. The number of benzene rings is 2. The van der Waals surface area contributed by atoms with Crippen molar-refractivity contribution in [1.82, 2.24) is 0 Å². The molecule has 0 aliphatic heterocycles. The molecule has 0 spiro atoms. The van der Waals surface area contributed by atoms with Crippen LogP contribution in [0.25, 0.3) is 0 Å². The maximum Gasteiger partial charge on any atom is 0.309 e. The Balaban J connectivity index is 2.10. The zero-order chi connectivity index (χ0) is 32.9. The third kappa shape index (κ3) is 15.8. The van der Waals surface area contributed by atoms with Crippen molar-refractivity contribution in [2.45, 2.75) is 130 Å². The Bertz CT molecular complexity index is 1060. The number of hydrogen-bond acceptors (Lipinski definition) is 5. The minimum Gasteiger partial charge on any atom is -0.466 e. The lowest BCUT2D eigenvalue weighted by Gasteiger charge is -2.36. The highest BCUT2D eigenvalue weighted by Crippen LogP contribution is 2.30. The number of hydrogen-bond donors (Lipinski definition) is 0. The Hall–Kier alpha value is -2.23. The van der Waals surface area contributed by atoms with E-state index in [9.17, 15) is 9.59 Å². The van der Waals surface area contributed by atoms with Crippen molar-refractivity contribution in [1.29, 1.82) is 0 Å². The number of rotatable bonds is 24. The van der Waals surface area contributed by atoms with Crippen LogP contribution in [-0.4, -0.2) is 42.5 Å². The molecule has 0 saturated carbocycles. The second kappa shape index (κ2) is 22.3. The van der Waals surface area contributed by atoms with Crippen molar-refractivity contribution in [3.05, 3.63) is 60.7 Å². The lowest BCUT2D eigenvalue weighted by atomic mass is 10.0. The minimum absolute atomic E-state index is 0.0238. The van der Waals surface area contributed by atoms with Gasteiger partial charge in [-0.1, -0.05) is 153 Å². The van der Waals surface area contributed by atoms with E-state index in [-0.39, 0.29) is 18.4 Å². The molecule has 0 aromatic heterocycles. The van der Waals surface area contributed by atoms with Crippen molar-refractivity contribution in [2.24, 2.45) is 11.8 Å². The molecule has 5 nitrogen and oxygen atoms in total. The molecule has 0 heterocycles. The zero-order valence-corrected chi connectivity index (χ0v) is 31.2.